The predicted molar refractivity (Wildman–Crippen MR) is 96.5 cm³/mol. The molecule has 2 aromatic heterocycles. The number of hydrogen-bond acceptors (Lipinski definition) is 6. The van der Waals surface area contributed by atoms with Gasteiger partial charge in [0.2, 0.25) is 0 Å². The number of carbonyl (C=O) groups is 1. The van der Waals surface area contributed by atoms with E-state index in [-0.39, 0.29) is 5.91 Å². The molecule has 3 aromatic rings. The Morgan fingerprint density at radius 3 is 2.38 bits per heavy atom. The van der Waals surface area contributed by atoms with Gasteiger partial charge in [-0.25, -0.2) is 4.98 Å². The van der Waals surface area contributed by atoms with Crippen LogP contribution in [0.15, 0.2) is 48.9 Å². The molecule has 3 heterocycles. The first-order valence-electron chi connectivity index (χ1n) is 8.83. The number of tetrazole rings is 1. The van der Waals surface area contributed by atoms with Crippen molar-refractivity contribution in [3.05, 3.63) is 60.0 Å². The summed E-state index contributed by atoms with van der Waals surface area (Å²) in [7, 11) is 0. The van der Waals surface area contributed by atoms with Gasteiger partial charge in [0.1, 0.15) is 12.1 Å². The molecule has 29 heavy (non-hydrogen) atoms. The third-order valence-electron chi connectivity index (χ3n) is 4.70. The molecule has 4 rings (SSSR count). The Kier molecular flexibility index (Phi) is 4.87. The third kappa shape index (κ3) is 3.89. The van der Waals surface area contributed by atoms with E-state index < -0.39 is 11.7 Å². The molecule has 1 amide bonds. The molecule has 0 spiro atoms. The van der Waals surface area contributed by atoms with Gasteiger partial charge in [0.15, 0.2) is 0 Å². The molecule has 0 aliphatic carbocycles. The van der Waals surface area contributed by atoms with E-state index in [2.05, 4.69) is 20.5 Å². The van der Waals surface area contributed by atoms with Crippen molar-refractivity contribution in [2.24, 2.45) is 0 Å². The van der Waals surface area contributed by atoms with Crippen LogP contribution in [0.1, 0.15) is 15.9 Å². The molecule has 8 nitrogen and oxygen atoms in total. The molecule has 1 fully saturated rings. The molecule has 0 bridgehead atoms. The van der Waals surface area contributed by atoms with Crippen LogP contribution in [-0.2, 0) is 6.18 Å². The second-order valence-electron chi connectivity index (χ2n) is 6.45. The Labute approximate surface area is 163 Å². The molecule has 1 aromatic carbocycles. The van der Waals surface area contributed by atoms with Crippen molar-refractivity contribution >= 4 is 11.7 Å². The van der Waals surface area contributed by atoms with E-state index in [1.807, 2.05) is 4.90 Å². The van der Waals surface area contributed by atoms with Gasteiger partial charge in [0.05, 0.1) is 16.8 Å². The second-order valence-corrected chi connectivity index (χ2v) is 6.45. The lowest BCUT2D eigenvalue weighted by Crippen LogP contribution is -2.49. The minimum Gasteiger partial charge on any atom is -0.353 e. The molecule has 0 unspecified atom stereocenters. The lowest BCUT2D eigenvalue weighted by Gasteiger charge is -2.35. The topological polar surface area (TPSA) is 80.0 Å². The summed E-state index contributed by atoms with van der Waals surface area (Å²) in [6, 6.07) is 9.40. The van der Waals surface area contributed by atoms with Crippen LogP contribution < -0.4 is 4.90 Å². The number of amides is 1. The predicted octanol–water partition coefficient (Wildman–Crippen LogP) is 2.04. The number of halogens is 3. The lowest BCUT2D eigenvalue weighted by molar-refractivity contribution is -0.137. The first-order chi connectivity index (χ1) is 13.9. The average Bonchev–Trinajstić information content (AvgIpc) is 3.28. The number of benzene rings is 1. The van der Waals surface area contributed by atoms with Crippen LogP contribution in [0.25, 0.3) is 5.69 Å². The molecule has 0 radical (unpaired) electrons. The van der Waals surface area contributed by atoms with Crippen molar-refractivity contribution in [3.63, 3.8) is 0 Å². The van der Waals surface area contributed by atoms with Gasteiger partial charge in [-0.1, -0.05) is 12.1 Å². The van der Waals surface area contributed by atoms with Crippen LogP contribution in [0.2, 0.25) is 0 Å². The number of rotatable bonds is 3. The van der Waals surface area contributed by atoms with Crippen LogP contribution in [0.5, 0.6) is 0 Å². The molecule has 1 aliphatic heterocycles. The largest absolute Gasteiger partial charge is 0.417 e. The van der Waals surface area contributed by atoms with E-state index >= 15 is 0 Å². The van der Waals surface area contributed by atoms with Crippen LogP contribution in [0.3, 0.4) is 0 Å². The number of carbonyl (C=O) groups excluding carboxylic acids is 1. The smallest absolute Gasteiger partial charge is 0.353 e. The van der Waals surface area contributed by atoms with E-state index in [1.54, 1.807) is 29.2 Å². The average molecular weight is 403 g/mol. The molecular weight excluding hydrogens is 387 g/mol. The number of anilines is 1. The van der Waals surface area contributed by atoms with Crippen molar-refractivity contribution in [1.82, 2.24) is 30.1 Å². The number of para-hydroxylation sites is 1. The number of piperazine rings is 1. The Bertz CT molecular complexity index is 981. The summed E-state index contributed by atoms with van der Waals surface area (Å²) in [5.41, 5.74) is 0.268. The molecule has 1 aliphatic rings. The minimum absolute atomic E-state index is 0.156. The second kappa shape index (κ2) is 7.49. The quantitative estimate of drug-likeness (QED) is 0.666. The van der Waals surface area contributed by atoms with Gasteiger partial charge < -0.3 is 9.80 Å². The van der Waals surface area contributed by atoms with Crippen molar-refractivity contribution in [2.45, 2.75) is 6.18 Å². The molecule has 0 atom stereocenters. The highest BCUT2D eigenvalue weighted by atomic mass is 19.4. The molecule has 11 heteroatoms. The maximum absolute atomic E-state index is 13.0. The van der Waals surface area contributed by atoms with E-state index in [1.165, 1.54) is 17.1 Å². The van der Waals surface area contributed by atoms with Crippen LogP contribution >= 0.6 is 0 Å². The normalized spacial score (nSPS) is 14.9. The van der Waals surface area contributed by atoms with Crippen LogP contribution in [-0.4, -0.2) is 62.2 Å². The van der Waals surface area contributed by atoms with Gasteiger partial charge in [-0.05, 0) is 34.7 Å². The first kappa shape index (κ1) is 18.8. The summed E-state index contributed by atoms with van der Waals surface area (Å²) in [4.78, 5) is 20.5. The highest BCUT2D eigenvalue weighted by molar-refractivity contribution is 5.97. The van der Waals surface area contributed by atoms with Gasteiger partial charge in [0, 0.05) is 32.4 Å². The first-order valence-corrected chi connectivity index (χ1v) is 8.83. The Balaban J connectivity index is 1.45. The van der Waals surface area contributed by atoms with E-state index in [9.17, 15) is 18.0 Å². The highest BCUT2D eigenvalue weighted by Gasteiger charge is 2.31. The fraction of sp³-hybridized carbons (Fsp3) is 0.278. The summed E-state index contributed by atoms with van der Waals surface area (Å²) >= 11 is 0. The molecule has 150 valence electrons. The lowest BCUT2D eigenvalue weighted by atomic mass is 10.1. The van der Waals surface area contributed by atoms with Crippen LogP contribution in [0, 0.1) is 0 Å². The van der Waals surface area contributed by atoms with E-state index in [0.29, 0.717) is 43.2 Å². The van der Waals surface area contributed by atoms with Crippen molar-refractivity contribution < 1.29 is 18.0 Å². The fourth-order valence-corrected chi connectivity index (χ4v) is 3.18. The third-order valence-corrected chi connectivity index (χ3v) is 4.70. The summed E-state index contributed by atoms with van der Waals surface area (Å²) < 4.78 is 39.5. The van der Waals surface area contributed by atoms with Crippen LogP contribution in [0.4, 0.5) is 19.0 Å². The SMILES string of the molecule is O=C(c1ccccc1-n1cnnn1)N1CCN(c2ccc(C(F)(F)F)cn2)CC1. The molecular formula is C18H16F3N7O. The van der Waals surface area contributed by atoms with Crippen molar-refractivity contribution in [2.75, 3.05) is 31.1 Å². The Morgan fingerprint density at radius 1 is 1.00 bits per heavy atom. The summed E-state index contributed by atoms with van der Waals surface area (Å²) in [5, 5.41) is 11.0. The fourth-order valence-electron chi connectivity index (χ4n) is 3.18. The van der Waals surface area contributed by atoms with Gasteiger partial charge >= 0.3 is 6.18 Å². The van der Waals surface area contributed by atoms with Crippen molar-refractivity contribution in [1.29, 1.82) is 0 Å². The van der Waals surface area contributed by atoms with Gasteiger partial charge in [-0.15, -0.1) is 5.10 Å². The standard InChI is InChI=1S/C18H16F3N7O/c19-18(20,21)13-5-6-16(22-11-13)26-7-9-27(10-8-26)17(29)14-3-1-2-4-15(14)28-12-23-24-25-28/h1-6,11-12H,7-10H2. The number of pyridine rings is 1. The maximum Gasteiger partial charge on any atom is 0.417 e. The summed E-state index contributed by atoms with van der Waals surface area (Å²) in [5.74, 6) is 0.301. The number of hydrogen-bond donors (Lipinski definition) is 0. The number of aromatic nitrogens is 5. The van der Waals surface area contributed by atoms with E-state index in [0.717, 1.165) is 12.3 Å². The highest BCUT2D eigenvalue weighted by Crippen LogP contribution is 2.29. The zero-order valence-electron chi connectivity index (χ0n) is 15.1. The van der Waals surface area contributed by atoms with Gasteiger partial charge in [-0.3, -0.25) is 4.79 Å². The van der Waals surface area contributed by atoms with Gasteiger partial charge in [-0.2, -0.15) is 17.9 Å². The number of nitrogens with zero attached hydrogens (tertiary/aromatic N) is 7. The molecule has 0 saturated carbocycles. The van der Waals surface area contributed by atoms with Gasteiger partial charge in [0.25, 0.3) is 5.91 Å². The number of alkyl halides is 3. The zero-order valence-corrected chi connectivity index (χ0v) is 15.1. The Morgan fingerprint density at radius 2 is 1.76 bits per heavy atom. The summed E-state index contributed by atoms with van der Waals surface area (Å²) in [6.45, 7) is 1.78. The molecule has 1 saturated heterocycles. The van der Waals surface area contributed by atoms with Crippen molar-refractivity contribution in [3.8, 4) is 5.69 Å². The van der Waals surface area contributed by atoms with E-state index in [4.69, 9.17) is 0 Å². The molecule has 0 N–H and O–H groups in total. The zero-order chi connectivity index (χ0) is 20.4. The Hall–Kier alpha value is -3.50. The summed E-state index contributed by atoms with van der Waals surface area (Å²) in [6.07, 6.45) is -2.17. The monoisotopic (exact) mass is 403 g/mol. The maximum atomic E-state index is 13.0. The minimum atomic E-state index is -4.41.